The number of rotatable bonds is 7. The summed E-state index contributed by atoms with van der Waals surface area (Å²) in [6.07, 6.45) is 0. The van der Waals surface area contributed by atoms with Gasteiger partial charge in [-0.1, -0.05) is 37.6 Å². The molecule has 1 atom stereocenters. The molecule has 2 heterocycles. The molecule has 6 nitrogen and oxygen atoms in total. The van der Waals surface area contributed by atoms with E-state index in [1.165, 1.54) is 0 Å². The predicted molar refractivity (Wildman–Crippen MR) is 126 cm³/mol. The minimum Gasteiger partial charge on any atom is -0.497 e. The molecule has 0 fully saturated rings. The van der Waals surface area contributed by atoms with Crippen LogP contribution in [0.4, 0.5) is 0 Å². The van der Waals surface area contributed by atoms with E-state index < -0.39 is 6.04 Å². The highest BCUT2D eigenvalue weighted by atomic mass is 35.5. The first-order valence-corrected chi connectivity index (χ1v) is 11.2. The molecule has 7 heteroatoms. The summed E-state index contributed by atoms with van der Waals surface area (Å²) in [5.41, 5.74) is 2.15. The second-order valence-corrected chi connectivity index (χ2v) is 8.38. The summed E-state index contributed by atoms with van der Waals surface area (Å²) in [4.78, 5) is 31.0. The fourth-order valence-corrected chi connectivity index (χ4v) is 4.46. The van der Waals surface area contributed by atoms with Crippen LogP contribution in [0.5, 0.6) is 5.75 Å². The molecule has 1 aliphatic heterocycles. The molecule has 1 aromatic heterocycles. The number of methoxy groups -OCH3 is 1. The fraction of sp³-hybridized carbons (Fsp3) is 0.360. The minimum absolute atomic E-state index is 0.115. The van der Waals surface area contributed by atoms with E-state index in [1.807, 2.05) is 31.2 Å². The molecule has 0 aliphatic carbocycles. The normalized spacial score (nSPS) is 15.6. The lowest BCUT2D eigenvalue weighted by molar-refractivity contribution is 0.0708. The monoisotopic (exact) mass is 454 g/mol. The maximum absolute atomic E-state index is 13.6. The highest BCUT2D eigenvalue weighted by Crippen LogP contribution is 2.39. The van der Waals surface area contributed by atoms with Gasteiger partial charge in [0.15, 0.2) is 5.43 Å². The van der Waals surface area contributed by atoms with E-state index in [0.717, 1.165) is 24.2 Å². The Morgan fingerprint density at radius 3 is 2.44 bits per heavy atom. The topological polar surface area (TPSA) is 63.0 Å². The number of carbonyl (C=O) groups is 1. The highest BCUT2D eigenvalue weighted by molar-refractivity contribution is 6.32. The molecule has 0 N–H and O–H groups in total. The fourth-order valence-electron chi connectivity index (χ4n) is 4.29. The van der Waals surface area contributed by atoms with E-state index in [-0.39, 0.29) is 17.1 Å². The number of amides is 1. The van der Waals surface area contributed by atoms with Crippen LogP contribution in [0.2, 0.25) is 5.02 Å². The Balaban J connectivity index is 1.88. The predicted octanol–water partition coefficient (Wildman–Crippen LogP) is 4.65. The van der Waals surface area contributed by atoms with Crippen molar-refractivity contribution in [1.82, 2.24) is 9.80 Å². The first-order chi connectivity index (χ1) is 15.4. The van der Waals surface area contributed by atoms with Crippen molar-refractivity contribution in [3.05, 3.63) is 74.1 Å². The third-order valence-corrected chi connectivity index (χ3v) is 6.64. The Kier molecular flexibility index (Phi) is 6.26. The number of ether oxygens (including phenoxy) is 1. The molecule has 168 valence electrons. The smallest absolute Gasteiger partial charge is 0.290 e. The van der Waals surface area contributed by atoms with Gasteiger partial charge in [0.25, 0.3) is 5.91 Å². The number of hydrogen-bond acceptors (Lipinski definition) is 5. The van der Waals surface area contributed by atoms with Gasteiger partial charge < -0.3 is 19.0 Å². The number of benzene rings is 2. The number of likely N-dealkylation sites (N-methyl/N-ethyl adjacent to an activating group) is 1. The molecule has 0 bridgehead atoms. The standard InChI is InChI=1S/C25H27ClN2O4/c1-5-27(6-2)11-12-28-22(16-7-9-17(31-4)10-8-16)21-23(29)18-14-19(26)15(3)13-20(18)32-24(21)25(28)30/h7-10,13-14,22H,5-6,11-12H2,1-4H3. The van der Waals surface area contributed by atoms with Crippen LogP contribution >= 0.6 is 11.6 Å². The summed E-state index contributed by atoms with van der Waals surface area (Å²) < 4.78 is 11.3. The lowest BCUT2D eigenvalue weighted by Gasteiger charge is -2.28. The Hall–Kier alpha value is -2.83. The summed E-state index contributed by atoms with van der Waals surface area (Å²) in [7, 11) is 1.60. The Morgan fingerprint density at radius 2 is 1.81 bits per heavy atom. The zero-order valence-electron chi connectivity index (χ0n) is 18.8. The van der Waals surface area contributed by atoms with Crippen molar-refractivity contribution in [2.75, 3.05) is 33.3 Å². The van der Waals surface area contributed by atoms with Gasteiger partial charge in [-0.05, 0) is 55.4 Å². The second kappa shape index (κ2) is 8.96. The van der Waals surface area contributed by atoms with Crippen LogP contribution < -0.4 is 10.2 Å². The molecule has 0 radical (unpaired) electrons. The van der Waals surface area contributed by atoms with Crippen LogP contribution in [0.1, 0.15) is 47.1 Å². The average molecular weight is 455 g/mol. The van der Waals surface area contributed by atoms with Crippen molar-refractivity contribution in [2.24, 2.45) is 0 Å². The van der Waals surface area contributed by atoms with Crippen molar-refractivity contribution < 1.29 is 13.9 Å². The SMILES string of the molecule is CCN(CC)CCN1C(=O)c2oc3cc(C)c(Cl)cc3c(=O)c2C1c1ccc(OC)cc1. The first kappa shape index (κ1) is 22.4. The van der Waals surface area contributed by atoms with E-state index in [0.29, 0.717) is 40.4 Å². The summed E-state index contributed by atoms with van der Waals surface area (Å²) in [6.45, 7) is 8.99. The van der Waals surface area contributed by atoms with E-state index in [2.05, 4.69) is 18.7 Å². The maximum Gasteiger partial charge on any atom is 0.290 e. The van der Waals surface area contributed by atoms with Crippen molar-refractivity contribution in [3.8, 4) is 5.75 Å². The van der Waals surface area contributed by atoms with Crippen molar-refractivity contribution in [1.29, 1.82) is 0 Å². The lowest BCUT2D eigenvalue weighted by atomic mass is 9.98. The Labute approximate surface area is 192 Å². The van der Waals surface area contributed by atoms with E-state index in [9.17, 15) is 9.59 Å². The van der Waals surface area contributed by atoms with Crippen LogP contribution in [0.25, 0.3) is 11.0 Å². The number of halogens is 1. The van der Waals surface area contributed by atoms with Crippen LogP contribution in [0.3, 0.4) is 0 Å². The third kappa shape index (κ3) is 3.78. The molecule has 1 aliphatic rings. The quantitative estimate of drug-likeness (QED) is 0.520. The van der Waals surface area contributed by atoms with Crippen molar-refractivity contribution in [2.45, 2.75) is 26.8 Å². The van der Waals surface area contributed by atoms with E-state index in [1.54, 1.807) is 24.1 Å². The Morgan fingerprint density at radius 1 is 1.12 bits per heavy atom. The molecule has 3 aromatic rings. The maximum atomic E-state index is 13.6. The van der Waals surface area contributed by atoms with E-state index in [4.69, 9.17) is 20.8 Å². The molecule has 32 heavy (non-hydrogen) atoms. The molecule has 2 aromatic carbocycles. The van der Waals surface area contributed by atoms with Crippen LogP contribution in [0, 0.1) is 6.92 Å². The summed E-state index contributed by atoms with van der Waals surface area (Å²) >= 11 is 6.29. The van der Waals surface area contributed by atoms with Gasteiger partial charge in [0.05, 0.1) is 24.1 Å². The van der Waals surface area contributed by atoms with Gasteiger partial charge in [-0.15, -0.1) is 0 Å². The highest BCUT2D eigenvalue weighted by Gasteiger charge is 2.42. The molecule has 0 saturated carbocycles. The number of fused-ring (bicyclic) bond motifs is 2. The number of hydrogen-bond donors (Lipinski definition) is 0. The zero-order valence-corrected chi connectivity index (χ0v) is 19.5. The number of carbonyl (C=O) groups excluding carboxylic acids is 1. The molecule has 4 rings (SSSR count). The lowest BCUT2D eigenvalue weighted by Crippen LogP contribution is -2.37. The number of aryl methyl sites for hydroxylation is 1. The summed E-state index contributed by atoms with van der Waals surface area (Å²) in [6, 6.07) is 10.3. The zero-order chi connectivity index (χ0) is 23.0. The van der Waals surface area contributed by atoms with Gasteiger partial charge in [-0.2, -0.15) is 0 Å². The molecule has 1 unspecified atom stereocenters. The third-order valence-electron chi connectivity index (χ3n) is 6.23. The van der Waals surface area contributed by atoms with Gasteiger partial charge in [0.1, 0.15) is 11.3 Å². The number of nitrogens with zero attached hydrogens (tertiary/aromatic N) is 2. The van der Waals surface area contributed by atoms with Crippen molar-refractivity contribution in [3.63, 3.8) is 0 Å². The summed E-state index contributed by atoms with van der Waals surface area (Å²) in [5.74, 6) is 0.560. The van der Waals surface area contributed by atoms with E-state index >= 15 is 0 Å². The molecular weight excluding hydrogens is 428 g/mol. The van der Waals surface area contributed by atoms with Crippen LogP contribution in [-0.2, 0) is 0 Å². The molecule has 0 spiro atoms. The molecular formula is C25H27ClN2O4. The van der Waals surface area contributed by atoms with Crippen LogP contribution in [-0.4, -0.2) is 49.0 Å². The van der Waals surface area contributed by atoms with Gasteiger partial charge in [-0.3, -0.25) is 9.59 Å². The molecule has 0 saturated heterocycles. The molecule has 1 amide bonds. The van der Waals surface area contributed by atoms with Gasteiger partial charge in [-0.25, -0.2) is 0 Å². The summed E-state index contributed by atoms with van der Waals surface area (Å²) in [5, 5.41) is 0.879. The van der Waals surface area contributed by atoms with Gasteiger partial charge >= 0.3 is 0 Å². The average Bonchev–Trinajstić information content (AvgIpc) is 3.08. The Bertz CT molecular complexity index is 1220. The van der Waals surface area contributed by atoms with Crippen LogP contribution in [0.15, 0.2) is 45.6 Å². The van der Waals surface area contributed by atoms with Gasteiger partial charge in [0.2, 0.25) is 5.76 Å². The second-order valence-electron chi connectivity index (χ2n) is 7.97. The van der Waals surface area contributed by atoms with Crippen molar-refractivity contribution >= 4 is 28.5 Å². The largest absolute Gasteiger partial charge is 0.497 e. The first-order valence-electron chi connectivity index (χ1n) is 10.8. The minimum atomic E-state index is -0.528. The van der Waals surface area contributed by atoms with Gasteiger partial charge in [0, 0.05) is 18.1 Å².